The molecule has 0 aromatic heterocycles. The van der Waals surface area contributed by atoms with Crippen molar-refractivity contribution < 1.29 is 9.90 Å². The molecule has 0 radical (unpaired) electrons. The van der Waals surface area contributed by atoms with E-state index >= 15 is 0 Å². The van der Waals surface area contributed by atoms with Crippen LogP contribution in [-0.2, 0) is 0 Å². The lowest BCUT2D eigenvalue weighted by Gasteiger charge is -2.11. The van der Waals surface area contributed by atoms with Crippen LogP contribution >= 0.6 is 0 Å². The van der Waals surface area contributed by atoms with Crippen LogP contribution < -0.4 is 0 Å². The van der Waals surface area contributed by atoms with Gasteiger partial charge in [0.05, 0.1) is 0 Å². The summed E-state index contributed by atoms with van der Waals surface area (Å²) in [6.07, 6.45) is 0. The van der Waals surface area contributed by atoms with Crippen molar-refractivity contribution in [3.05, 3.63) is 29.3 Å². The third-order valence-electron chi connectivity index (χ3n) is 2.46. The minimum atomic E-state index is -0.00504. The second-order valence-electron chi connectivity index (χ2n) is 4.45. The number of carbonyl (C=O) groups excluding carboxylic acids is 1. The molecule has 15 heavy (non-hydrogen) atoms. The van der Waals surface area contributed by atoms with E-state index in [4.69, 9.17) is 0 Å². The Morgan fingerprint density at radius 1 is 1.20 bits per heavy atom. The first-order valence-electron chi connectivity index (χ1n) is 5.30. The van der Waals surface area contributed by atoms with Crippen LogP contribution in [0.5, 0.6) is 5.75 Å². The van der Waals surface area contributed by atoms with Gasteiger partial charge in [-0.3, -0.25) is 4.79 Å². The summed E-state index contributed by atoms with van der Waals surface area (Å²) in [5.74, 6) is 0.613. The number of Topliss-reactive ketones (excluding diaryl/α,β-unsaturated/α-hetero) is 1. The molecule has 0 unspecified atom stereocenters. The lowest BCUT2D eigenvalue weighted by molar-refractivity contribution is 0.0939. The van der Waals surface area contributed by atoms with Gasteiger partial charge in [0, 0.05) is 11.5 Å². The molecular formula is C13H18O2. The van der Waals surface area contributed by atoms with Crippen molar-refractivity contribution in [3.63, 3.8) is 0 Å². The molecule has 1 aromatic rings. The zero-order valence-electron chi connectivity index (χ0n) is 9.74. The number of phenolic OH excluding ortho intramolecular Hbond substituents is 1. The molecule has 0 bridgehead atoms. The van der Waals surface area contributed by atoms with Gasteiger partial charge < -0.3 is 5.11 Å². The Kier molecular flexibility index (Phi) is 3.51. The highest BCUT2D eigenvalue weighted by molar-refractivity contribution is 5.97. The number of ketones is 1. The van der Waals surface area contributed by atoms with Gasteiger partial charge in [0.1, 0.15) is 5.75 Å². The predicted molar refractivity (Wildman–Crippen MR) is 61.4 cm³/mol. The lowest BCUT2D eigenvalue weighted by Crippen LogP contribution is -2.08. The van der Waals surface area contributed by atoms with Crippen molar-refractivity contribution >= 4 is 5.78 Å². The second-order valence-corrected chi connectivity index (χ2v) is 4.45. The largest absolute Gasteiger partial charge is 0.508 e. The highest BCUT2D eigenvalue weighted by atomic mass is 16.3. The Morgan fingerprint density at radius 2 is 1.80 bits per heavy atom. The van der Waals surface area contributed by atoms with Crippen LogP contribution in [0.15, 0.2) is 18.2 Å². The normalized spacial score (nSPS) is 11.1. The highest BCUT2D eigenvalue weighted by Gasteiger charge is 2.13. The average Bonchev–Trinajstić information content (AvgIpc) is 2.16. The summed E-state index contributed by atoms with van der Waals surface area (Å²) in [7, 11) is 0. The molecule has 0 saturated heterocycles. The van der Waals surface area contributed by atoms with Gasteiger partial charge >= 0.3 is 0 Å². The fourth-order valence-corrected chi connectivity index (χ4v) is 1.50. The summed E-state index contributed by atoms with van der Waals surface area (Å²) in [5.41, 5.74) is 1.52. The highest BCUT2D eigenvalue weighted by Crippen LogP contribution is 2.27. The minimum absolute atomic E-state index is 0.00504. The molecule has 0 heterocycles. The third kappa shape index (κ3) is 2.58. The van der Waals surface area contributed by atoms with E-state index in [0.29, 0.717) is 5.56 Å². The number of hydrogen-bond acceptors (Lipinski definition) is 2. The van der Waals surface area contributed by atoms with E-state index in [1.807, 2.05) is 27.7 Å². The predicted octanol–water partition coefficient (Wildman–Crippen LogP) is 3.35. The first-order valence-corrected chi connectivity index (χ1v) is 5.30. The lowest BCUT2D eigenvalue weighted by atomic mass is 9.95. The smallest absolute Gasteiger partial charge is 0.165 e. The molecule has 0 fully saturated rings. The quantitative estimate of drug-likeness (QED) is 0.770. The number of rotatable bonds is 3. The molecule has 1 aromatic carbocycles. The summed E-state index contributed by atoms with van der Waals surface area (Å²) in [6.45, 7) is 7.76. The topological polar surface area (TPSA) is 37.3 Å². The van der Waals surface area contributed by atoms with E-state index in [1.165, 1.54) is 0 Å². The van der Waals surface area contributed by atoms with Gasteiger partial charge in [0.15, 0.2) is 5.78 Å². The van der Waals surface area contributed by atoms with Crippen LogP contribution in [0.2, 0.25) is 0 Å². The molecule has 0 amide bonds. The molecule has 1 rings (SSSR count). The van der Waals surface area contributed by atoms with Crippen molar-refractivity contribution in [1.29, 1.82) is 0 Å². The van der Waals surface area contributed by atoms with Gasteiger partial charge in [-0.1, -0.05) is 27.7 Å². The van der Waals surface area contributed by atoms with Gasteiger partial charge in [-0.2, -0.15) is 0 Å². The SMILES string of the molecule is CC(C)C(=O)c1ccc(O)c(C(C)C)c1. The van der Waals surface area contributed by atoms with Gasteiger partial charge in [0.2, 0.25) is 0 Å². The molecule has 0 spiro atoms. The molecule has 0 aliphatic rings. The number of aromatic hydroxyl groups is 1. The maximum absolute atomic E-state index is 11.7. The second kappa shape index (κ2) is 4.47. The third-order valence-corrected chi connectivity index (χ3v) is 2.46. The fourth-order valence-electron chi connectivity index (χ4n) is 1.50. The van der Waals surface area contributed by atoms with Crippen molar-refractivity contribution in [1.82, 2.24) is 0 Å². The zero-order chi connectivity index (χ0) is 11.6. The van der Waals surface area contributed by atoms with E-state index in [0.717, 1.165) is 5.56 Å². The van der Waals surface area contributed by atoms with E-state index in [2.05, 4.69) is 0 Å². The van der Waals surface area contributed by atoms with Gasteiger partial charge in [-0.15, -0.1) is 0 Å². The molecule has 82 valence electrons. The fraction of sp³-hybridized carbons (Fsp3) is 0.462. The molecule has 0 atom stereocenters. The van der Waals surface area contributed by atoms with E-state index < -0.39 is 0 Å². The van der Waals surface area contributed by atoms with Crippen molar-refractivity contribution in [3.8, 4) is 5.75 Å². The summed E-state index contributed by atoms with van der Waals surface area (Å²) < 4.78 is 0. The van der Waals surface area contributed by atoms with Crippen molar-refractivity contribution in [2.24, 2.45) is 5.92 Å². The molecule has 0 aliphatic heterocycles. The molecule has 2 heteroatoms. The molecule has 0 aliphatic carbocycles. The maximum atomic E-state index is 11.7. The number of phenols is 1. The maximum Gasteiger partial charge on any atom is 0.165 e. The molecular weight excluding hydrogens is 188 g/mol. The van der Waals surface area contributed by atoms with Crippen molar-refractivity contribution in [2.45, 2.75) is 33.6 Å². The monoisotopic (exact) mass is 206 g/mol. The Labute approximate surface area is 90.9 Å². The van der Waals surface area contributed by atoms with Gasteiger partial charge in [-0.05, 0) is 29.7 Å². The summed E-state index contributed by atoms with van der Waals surface area (Å²) >= 11 is 0. The first-order chi connectivity index (χ1) is 6.93. The Bertz CT molecular complexity index is 365. The van der Waals surface area contributed by atoms with Crippen LogP contribution in [-0.4, -0.2) is 10.9 Å². The Balaban J connectivity index is 3.13. The van der Waals surface area contributed by atoms with Gasteiger partial charge in [-0.25, -0.2) is 0 Å². The zero-order valence-corrected chi connectivity index (χ0v) is 9.74. The Hall–Kier alpha value is -1.31. The molecule has 1 N–H and O–H groups in total. The van der Waals surface area contributed by atoms with Crippen LogP contribution in [0, 0.1) is 5.92 Å². The summed E-state index contributed by atoms with van der Waals surface area (Å²) in [4.78, 5) is 11.7. The average molecular weight is 206 g/mol. The summed E-state index contributed by atoms with van der Waals surface area (Å²) in [6, 6.07) is 5.08. The van der Waals surface area contributed by atoms with Gasteiger partial charge in [0.25, 0.3) is 0 Å². The van der Waals surface area contributed by atoms with E-state index in [1.54, 1.807) is 18.2 Å². The number of carbonyl (C=O) groups is 1. The molecule has 2 nitrogen and oxygen atoms in total. The summed E-state index contributed by atoms with van der Waals surface area (Å²) in [5, 5.41) is 9.61. The molecule has 0 saturated carbocycles. The minimum Gasteiger partial charge on any atom is -0.508 e. The number of benzene rings is 1. The van der Waals surface area contributed by atoms with E-state index in [9.17, 15) is 9.90 Å². The van der Waals surface area contributed by atoms with Crippen LogP contribution in [0.25, 0.3) is 0 Å². The van der Waals surface area contributed by atoms with Crippen LogP contribution in [0.3, 0.4) is 0 Å². The first kappa shape index (κ1) is 11.8. The van der Waals surface area contributed by atoms with Crippen LogP contribution in [0.4, 0.5) is 0 Å². The van der Waals surface area contributed by atoms with E-state index in [-0.39, 0.29) is 23.4 Å². The van der Waals surface area contributed by atoms with Crippen LogP contribution in [0.1, 0.15) is 49.5 Å². The Morgan fingerprint density at radius 3 is 2.27 bits per heavy atom. The standard InChI is InChI=1S/C13H18O2/c1-8(2)11-7-10(5-6-12(11)14)13(15)9(3)4/h5-9,14H,1-4H3. The number of hydrogen-bond donors (Lipinski definition) is 1. The van der Waals surface area contributed by atoms with Crippen molar-refractivity contribution in [2.75, 3.05) is 0 Å².